The van der Waals surface area contributed by atoms with Crippen LogP contribution < -0.4 is 10.9 Å². The van der Waals surface area contributed by atoms with E-state index < -0.39 is 24.0 Å². The summed E-state index contributed by atoms with van der Waals surface area (Å²) in [5, 5.41) is 2.95. The smallest absolute Gasteiger partial charge is 0.349 e. The fourth-order valence-corrected chi connectivity index (χ4v) is 4.51. The quantitative estimate of drug-likeness (QED) is 0.777. The van der Waals surface area contributed by atoms with Gasteiger partial charge in [0.15, 0.2) is 6.10 Å². The summed E-state index contributed by atoms with van der Waals surface area (Å²) >= 11 is 1.10. The van der Waals surface area contributed by atoms with E-state index in [4.69, 9.17) is 4.74 Å². The van der Waals surface area contributed by atoms with E-state index in [0.717, 1.165) is 34.9 Å². The van der Waals surface area contributed by atoms with Gasteiger partial charge in [0.05, 0.1) is 5.39 Å². The highest BCUT2D eigenvalue weighted by molar-refractivity contribution is 7.20. The molecule has 2 aromatic rings. The van der Waals surface area contributed by atoms with Crippen LogP contribution in [0.1, 0.15) is 34.4 Å². The minimum Gasteiger partial charge on any atom is -0.448 e. The average Bonchev–Trinajstić information content (AvgIpc) is 3.33. The number of nitrogens with one attached hydrogen (secondary N) is 1. The number of hydrogen-bond donors (Lipinski definition) is 1. The third kappa shape index (κ3) is 2.80. The predicted octanol–water partition coefficient (Wildman–Crippen LogP) is 0.810. The largest absolute Gasteiger partial charge is 0.448 e. The number of fused-ring (bicyclic) bond motifs is 2. The average molecular weight is 390 g/mol. The minimum absolute atomic E-state index is 0.141. The Morgan fingerprint density at radius 1 is 1.30 bits per heavy atom. The molecule has 0 spiro atoms. The third-order valence-electron chi connectivity index (χ3n) is 4.85. The summed E-state index contributed by atoms with van der Waals surface area (Å²) in [5.41, 5.74) is 0.372. The lowest BCUT2D eigenvalue weighted by Crippen LogP contribution is -2.41. The molecule has 1 fully saturated rings. The highest BCUT2D eigenvalue weighted by atomic mass is 32.1. The van der Waals surface area contributed by atoms with Crippen molar-refractivity contribution in [1.29, 1.82) is 0 Å². The summed E-state index contributed by atoms with van der Waals surface area (Å²) in [6.45, 7) is 4.36. The monoisotopic (exact) mass is 390 g/mol. The van der Waals surface area contributed by atoms with E-state index >= 15 is 0 Å². The topological polar surface area (TPSA) is 111 Å². The summed E-state index contributed by atoms with van der Waals surface area (Å²) in [6.07, 6.45) is 0.521. The van der Waals surface area contributed by atoms with Gasteiger partial charge in [-0.2, -0.15) is 0 Å². The van der Waals surface area contributed by atoms with Crippen LogP contribution in [0.15, 0.2) is 4.79 Å². The molecule has 0 bridgehead atoms. The zero-order valence-corrected chi connectivity index (χ0v) is 15.7. The molecule has 2 aliphatic rings. The van der Waals surface area contributed by atoms with Crippen molar-refractivity contribution in [1.82, 2.24) is 19.8 Å². The first-order valence-corrected chi connectivity index (χ1v) is 9.53. The Labute approximate surface area is 157 Å². The van der Waals surface area contributed by atoms with E-state index in [2.05, 4.69) is 10.3 Å². The minimum atomic E-state index is -1.11. The van der Waals surface area contributed by atoms with Crippen LogP contribution in [0.4, 0.5) is 4.79 Å². The van der Waals surface area contributed by atoms with E-state index in [-0.39, 0.29) is 17.0 Å². The summed E-state index contributed by atoms with van der Waals surface area (Å²) in [6, 6.07) is -0.493. The molecule has 0 radical (unpaired) electrons. The second kappa shape index (κ2) is 6.45. The highest BCUT2D eigenvalue weighted by Crippen LogP contribution is 2.29. The second-order valence-corrected chi connectivity index (χ2v) is 7.59. The van der Waals surface area contributed by atoms with Crippen LogP contribution in [0.5, 0.6) is 0 Å². The molecule has 27 heavy (non-hydrogen) atoms. The molecule has 1 N–H and O–H groups in total. The molecule has 1 atom stereocenters. The fourth-order valence-electron chi connectivity index (χ4n) is 3.44. The number of carbonyl (C=O) groups is 3. The third-order valence-corrected chi connectivity index (χ3v) is 6.02. The van der Waals surface area contributed by atoms with Crippen molar-refractivity contribution < 1.29 is 19.1 Å². The Kier molecular flexibility index (Phi) is 4.22. The van der Waals surface area contributed by atoms with Gasteiger partial charge in [0, 0.05) is 26.1 Å². The first kappa shape index (κ1) is 17.7. The molecule has 3 amide bonds. The van der Waals surface area contributed by atoms with Gasteiger partial charge >= 0.3 is 12.0 Å². The standard InChI is InChI=1S/C17H18N4O5S/c1-8-11-13(19-10-4-3-6-20(10)15(11)23)27-12(8)16(24)26-9(2)14(22)21-7-5-18-17(21)25/h9H,3-7H2,1-2H3,(H,18,25)/t9-/m0/s1. The zero-order valence-electron chi connectivity index (χ0n) is 14.9. The predicted molar refractivity (Wildman–Crippen MR) is 96.9 cm³/mol. The summed E-state index contributed by atoms with van der Waals surface area (Å²) in [7, 11) is 0. The summed E-state index contributed by atoms with van der Waals surface area (Å²) < 4.78 is 6.92. The normalized spacial score (nSPS) is 17.1. The highest BCUT2D eigenvalue weighted by Gasteiger charge is 2.33. The summed E-state index contributed by atoms with van der Waals surface area (Å²) in [5.74, 6) is -0.535. The molecule has 0 saturated carbocycles. The zero-order chi connectivity index (χ0) is 19.3. The van der Waals surface area contributed by atoms with Crippen LogP contribution in [0, 0.1) is 6.92 Å². The summed E-state index contributed by atoms with van der Waals surface area (Å²) in [4.78, 5) is 55.5. The van der Waals surface area contributed by atoms with Crippen LogP contribution in [0.25, 0.3) is 10.2 Å². The molecule has 2 aliphatic heterocycles. The Hall–Kier alpha value is -2.75. The molecule has 0 aromatic carbocycles. The van der Waals surface area contributed by atoms with E-state index in [1.54, 1.807) is 11.5 Å². The maximum Gasteiger partial charge on any atom is 0.349 e. The molecular weight excluding hydrogens is 372 g/mol. The van der Waals surface area contributed by atoms with Crippen molar-refractivity contribution in [2.45, 2.75) is 39.3 Å². The van der Waals surface area contributed by atoms with Crippen LogP contribution in [-0.2, 0) is 22.5 Å². The number of amides is 3. The fraction of sp³-hybridized carbons (Fsp3) is 0.471. The molecule has 4 rings (SSSR count). The lowest BCUT2D eigenvalue weighted by molar-refractivity contribution is -0.136. The van der Waals surface area contributed by atoms with Crippen molar-refractivity contribution in [3.05, 3.63) is 26.6 Å². The number of carbonyl (C=O) groups excluding carboxylic acids is 3. The van der Waals surface area contributed by atoms with Gasteiger partial charge in [-0.05, 0) is 25.8 Å². The van der Waals surface area contributed by atoms with Crippen LogP contribution >= 0.6 is 11.3 Å². The van der Waals surface area contributed by atoms with E-state index in [1.807, 2.05) is 0 Å². The van der Waals surface area contributed by atoms with Gasteiger partial charge in [-0.15, -0.1) is 11.3 Å². The number of hydrogen-bond acceptors (Lipinski definition) is 7. The van der Waals surface area contributed by atoms with Crippen molar-refractivity contribution in [3.63, 3.8) is 0 Å². The van der Waals surface area contributed by atoms with E-state index in [9.17, 15) is 19.2 Å². The molecule has 9 nitrogen and oxygen atoms in total. The van der Waals surface area contributed by atoms with Crippen molar-refractivity contribution in [2.75, 3.05) is 13.1 Å². The molecule has 142 valence electrons. The Morgan fingerprint density at radius 2 is 2.07 bits per heavy atom. The number of rotatable bonds is 3. The molecule has 1 saturated heterocycles. The molecule has 0 aliphatic carbocycles. The Balaban J connectivity index is 1.61. The SMILES string of the molecule is Cc1c(C(=O)O[C@@H](C)C(=O)N2CCNC2=O)sc2nc3n(c(=O)c12)CCC3. The lowest BCUT2D eigenvalue weighted by Gasteiger charge is -2.17. The number of esters is 1. The Morgan fingerprint density at radius 3 is 2.78 bits per heavy atom. The molecule has 4 heterocycles. The van der Waals surface area contributed by atoms with Crippen molar-refractivity contribution in [3.8, 4) is 0 Å². The maximum absolute atomic E-state index is 12.7. The lowest BCUT2D eigenvalue weighted by atomic mass is 10.2. The van der Waals surface area contributed by atoms with Gasteiger partial charge in [-0.1, -0.05) is 0 Å². The van der Waals surface area contributed by atoms with Gasteiger partial charge in [0.2, 0.25) is 0 Å². The number of urea groups is 1. The molecule has 0 unspecified atom stereocenters. The van der Waals surface area contributed by atoms with Gasteiger partial charge in [-0.25, -0.2) is 14.6 Å². The molecule has 10 heteroatoms. The van der Waals surface area contributed by atoms with Gasteiger partial charge < -0.3 is 10.1 Å². The maximum atomic E-state index is 12.7. The van der Waals surface area contributed by atoms with Crippen LogP contribution in [0.3, 0.4) is 0 Å². The van der Waals surface area contributed by atoms with E-state index in [1.165, 1.54) is 6.92 Å². The van der Waals surface area contributed by atoms with Gasteiger partial charge in [0.1, 0.15) is 15.5 Å². The first-order valence-electron chi connectivity index (χ1n) is 8.71. The van der Waals surface area contributed by atoms with Crippen LogP contribution in [0.2, 0.25) is 0 Å². The Bertz CT molecular complexity index is 1040. The number of nitrogens with zero attached hydrogens (tertiary/aromatic N) is 3. The second-order valence-electron chi connectivity index (χ2n) is 6.59. The van der Waals surface area contributed by atoms with E-state index in [0.29, 0.717) is 28.9 Å². The van der Waals surface area contributed by atoms with Crippen molar-refractivity contribution in [2.24, 2.45) is 0 Å². The number of imide groups is 1. The number of aromatic nitrogens is 2. The number of aryl methyl sites for hydroxylation is 2. The number of thiophene rings is 1. The number of ether oxygens (including phenoxy) is 1. The van der Waals surface area contributed by atoms with Crippen molar-refractivity contribution >= 4 is 39.5 Å². The van der Waals surface area contributed by atoms with Crippen LogP contribution in [-0.4, -0.2) is 51.6 Å². The molecule has 2 aromatic heterocycles. The first-order chi connectivity index (χ1) is 12.9. The van der Waals surface area contributed by atoms with Gasteiger partial charge in [-0.3, -0.25) is 19.1 Å². The van der Waals surface area contributed by atoms with Gasteiger partial charge in [0.25, 0.3) is 11.5 Å². The molecular formula is C17H18N4O5S.